The lowest BCUT2D eigenvalue weighted by Gasteiger charge is -1.89. The Morgan fingerprint density at radius 1 is 0.867 bits per heavy atom. The van der Waals surface area contributed by atoms with Gasteiger partial charge in [0, 0.05) is 11.9 Å². The first kappa shape index (κ1) is 11.4. The molecule has 0 fully saturated rings. The molecule has 0 aliphatic carbocycles. The van der Waals surface area contributed by atoms with Crippen molar-refractivity contribution in [2.75, 3.05) is 0 Å². The fourth-order valence-electron chi connectivity index (χ4n) is 1.11. The van der Waals surface area contributed by atoms with Crippen LogP contribution in [0.5, 0.6) is 0 Å². The Kier molecular flexibility index (Phi) is 4.48. The minimum atomic E-state index is 0.838. The minimum Gasteiger partial charge on any atom is -0.242 e. The van der Waals surface area contributed by atoms with Crippen LogP contribution in [0.4, 0.5) is 0 Å². The SMILES string of the molecule is Cc1ccccc1.Cc1ccnc(C)n1. The molecule has 0 saturated heterocycles. The molecule has 0 radical (unpaired) electrons. The lowest BCUT2D eigenvalue weighted by molar-refractivity contribution is 1.01. The molecule has 2 rings (SSSR count). The van der Waals surface area contributed by atoms with Gasteiger partial charge in [-0.1, -0.05) is 35.9 Å². The van der Waals surface area contributed by atoms with E-state index in [-0.39, 0.29) is 0 Å². The van der Waals surface area contributed by atoms with Crippen molar-refractivity contribution < 1.29 is 0 Å². The van der Waals surface area contributed by atoms with Gasteiger partial charge in [-0.3, -0.25) is 0 Å². The van der Waals surface area contributed by atoms with E-state index in [0.717, 1.165) is 11.5 Å². The standard InChI is InChI=1S/C7H8.C6H8N2/c1-7-5-3-2-4-6-7;1-5-3-4-7-6(2)8-5/h2-6H,1H3;3-4H,1-2H3. The molecular formula is C13H16N2. The van der Waals surface area contributed by atoms with Crippen molar-refractivity contribution in [3.05, 3.63) is 59.7 Å². The van der Waals surface area contributed by atoms with Crippen LogP contribution in [0.2, 0.25) is 0 Å². The summed E-state index contributed by atoms with van der Waals surface area (Å²) in [6, 6.07) is 12.1. The van der Waals surface area contributed by atoms with Crippen molar-refractivity contribution in [2.45, 2.75) is 20.8 Å². The molecule has 1 heterocycles. The maximum Gasteiger partial charge on any atom is 0.125 e. The van der Waals surface area contributed by atoms with Gasteiger partial charge in [0.1, 0.15) is 5.82 Å². The highest BCUT2D eigenvalue weighted by Crippen LogP contribution is 1.92. The molecule has 0 spiro atoms. The van der Waals surface area contributed by atoms with Gasteiger partial charge in [-0.2, -0.15) is 0 Å². The maximum atomic E-state index is 4.06. The normalized spacial score (nSPS) is 9.00. The van der Waals surface area contributed by atoms with E-state index in [1.54, 1.807) is 6.20 Å². The Morgan fingerprint density at radius 2 is 1.53 bits per heavy atom. The number of aryl methyl sites for hydroxylation is 3. The molecular weight excluding hydrogens is 184 g/mol. The number of nitrogens with zero attached hydrogens (tertiary/aromatic N) is 2. The third kappa shape index (κ3) is 4.91. The Balaban J connectivity index is 0.000000151. The second kappa shape index (κ2) is 5.91. The van der Waals surface area contributed by atoms with Gasteiger partial charge in [0.05, 0.1) is 0 Å². The van der Waals surface area contributed by atoms with Crippen LogP contribution in [0.3, 0.4) is 0 Å². The second-order valence-electron chi connectivity index (χ2n) is 3.40. The van der Waals surface area contributed by atoms with Crippen molar-refractivity contribution in [2.24, 2.45) is 0 Å². The summed E-state index contributed by atoms with van der Waals surface area (Å²) in [5, 5.41) is 0. The maximum absolute atomic E-state index is 4.06. The number of hydrogen-bond donors (Lipinski definition) is 0. The van der Waals surface area contributed by atoms with Crippen LogP contribution in [-0.4, -0.2) is 9.97 Å². The molecule has 0 amide bonds. The summed E-state index contributed by atoms with van der Waals surface area (Å²) in [6.07, 6.45) is 1.76. The third-order valence-corrected chi connectivity index (χ3v) is 1.86. The number of aromatic nitrogens is 2. The van der Waals surface area contributed by atoms with Crippen LogP contribution in [0, 0.1) is 20.8 Å². The molecule has 0 unspecified atom stereocenters. The Labute approximate surface area is 91.0 Å². The lowest BCUT2D eigenvalue weighted by Crippen LogP contribution is -1.86. The predicted molar refractivity (Wildman–Crippen MR) is 62.7 cm³/mol. The van der Waals surface area contributed by atoms with Gasteiger partial charge in [0.15, 0.2) is 0 Å². The van der Waals surface area contributed by atoms with Crippen LogP contribution in [0.25, 0.3) is 0 Å². The largest absolute Gasteiger partial charge is 0.242 e. The van der Waals surface area contributed by atoms with Crippen LogP contribution in [-0.2, 0) is 0 Å². The third-order valence-electron chi connectivity index (χ3n) is 1.86. The van der Waals surface area contributed by atoms with Gasteiger partial charge < -0.3 is 0 Å². The molecule has 0 aliphatic rings. The molecule has 0 saturated carbocycles. The molecule has 1 aromatic heterocycles. The smallest absolute Gasteiger partial charge is 0.125 e. The highest BCUT2D eigenvalue weighted by molar-refractivity contribution is 5.11. The van der Waals surface area contributed by atoms with Crippen molar-refractivity contribution in [1.82, 2.24) is 9.97 Å². The van der Waals surface area contributed by atoms with E-state index in [4.69, 9.17) is 0 Å². The Bertz CT molecular complexity index is 379. The van der Waals surface area contributed by atoms with Gasteiger partial charge in [0.2, 0.25) is 0 Å². The van der Waals surface area contributed by atoms with Crippen molar-refractivity contribution in [1.29, 1.82) is 0 Å². The van der Waals surface area contributed by atoms with Crippen LogP contribution >= 0.6 is 0 Å². The quantitative estimate of drug-likeness (QED) is 0.653. The zero-order valence-corrected chi connectivity index (χ0v) is 9.44. The van der Waals surface area contributed by atoms with E-state index >= 15 is 0 Å². The van der Waals surface area contributed by atoms with E-state index in [1.165, 1.54) is 5.56 Å². The van der Waals surface area contributed by atoms with Gasteiger partial charge >= 0.3 is 0 Å². The molecule has 0 N–H and O–H groups in total. The van der Waals surface area contributed by atoms with Crippen LogP contribution in [0.15, 0.2) is 42.6 Å². The molecule has 2 aromatic rings. The van der Waals surface area contributed by atoms with Gasteiger partial charge in [-0.25, -0.2) is 9.97 Å². The molecule has 0 atom stereocenters. The zero-order valence-electron chi connectivity index (χ0n) is 9.44. The molecule has 0 aliphatic heterocycles. The molecule has 78 valence electrons. The summed E-state index contributed by atoms with van der Waals surface area (Å²) in [5.74, 6) is 0.838. The van der Waals surface area contributed by atoms with Gasteiger partial charge in [-0.15, -0.1) is 0 Å². The number of benzene rings is 1. The fourth-order valence-corrected chi connectivity index (χ4v) is 1.11. The first-order valence-electron chi connectivity index (χ1n) is 4.96. The first-order valence-corrected chi connectivity index (χ1v) is 4.96. The lowest BCUT2D eigenvalue weighted by atomic mass is 10.2. The monoisotopic (exact) mass is 200 g/mol. The Hall–Kier alpha value is -1.70. The summed E-state index contributed by atoms with van der Waals surface area (Å²) in [7, 11) is 0. The van der Waals surface area contributed by atoms with Crippen molar-refractivity contribution in [3.8, 4) is 0 Å². The van der Waals surface area contributed by atoms with E-state index in [2.05, 4.69) is 29.0 Å². The topological polar surface area (TPSA) is 25.8 Å². The summed E-state index contributed by atoms with van der Waals surface area (Å²) in [6.45, 7) is 5.92. The van der Waals surface area contributed by atoms with Gasteiger partial charge in [0.25, 0.3) is 0 Å². The summed E-state index contributed by atoms with van der Waals surface area (Å²) >= 11 is 0. The van der Waals surface area contributed by atoms with Crippen molar-refractivity contribution >= 4 is 0 Å². The van der Waals surface area contributed by atoms with Gasteiger partial charge in [-0.05, 0) is 26.8 Å². The minimum absolute atomic E-state index is 0.838. The van der Waals surface area contributed by atoms with Crippen LogP contribution in [0.1, 0.15) is 17.1 Å². The highest BCUT2D eigenvalue weighted by atomic mass is 14.9. The van der Waals surface area contributed by atoms with Crippen molar-refractivity contribution in [3.63, 3.8) is 0 Å². The summed E-state index contributed by atoms with van der Waals surface area (Å²) in [4.78, 5) is 7.99. The molecule has 0 bridgehead atoms. The molecule has 1 aromatic carbocycles. The average Bonchev–Trinajstić information content (AvgIpc) is 2.19. The molecule has 2 nitrogen and oxygen atoms in total. The molecule has 15 heavy (non-hydrogen) atoms. The second-order valence-corrected chi connectivity index (χ2v) is 3.40. The highest BCUT2D eigenvalue weighted by Gasteiger charge is 1.83. The van der Waals surface area contributed by atoms with E-state index in [1.807, 2.05) is 38.1 Å². The Morgan fingerprint density at radius 3 is 1.87 bits per heavy atom. The predicted octanol–water partition coefficient (Wildman–Crippen LogP) is 3.09. The zero-order chi connectivity index (χ0) is 11.1. The van der Waals surface area contributed by atoms with E-state index < -0.39 is 0 Å². The van der Waals surface area contributed by atoms with E-state index in [9.17, 15) is 0 Å². The van der Waals surface area contributed by atoms with Crippen LogP contribution < -0.4 is 0 Å². The average molecular weight is 200 g/mol. The number of hydrogen-bond acceptors (Lipinski definition) is 2. The molecule has 2 heteroatoms. The summed E-state index contributed by atoms with van der Waals surface area (Å²) < 4.78 is 0. The number of rotatable bonds is 0. The first-order chi connectivity index (χ1) is 7.18. The van der Waals surface area contributed by atoms with E-state index in [0.29, 0.717) is 0 Å². The summed E-state index contributed by atoms with van der Waals surface area (Å²) in [5.41, 5.74) is 2.35. The fraction of sp³-hybridized carbons (Fsp3) is 0.231.